The molecule has 0 aromatic carbocycles. The van der Waals surface area contributed by atoms with Gasteiger partial charge in [-0.25, -0.2) is 0 Å². The Hall–Kier alpha value is -0.910. The molecule has 0 radical (unpaired) electrons. The van der Waals surface area contributed by atoms with Gasteiger partial charge in [0.15, 0.2) is 0 Å². The summed E-state index contributed by atoms with van der Waals surface area (Å²) in [6, 6.07) is 0.918. The highest BCUT2D eigenvalue weighted by Crippen LogP contribution is 2.31. The zero-order chi connectivity index (χ0) is 13.9. The minimum atomic E-state index is -0.0951. The van der Waals surface area contributed by atoms with E-state index < -0.39 is 0 Å². The predicted octanol–water partition coefficient (Wildman–Crippen LogP) is 1.15. The van der Waals surface area contributed by atoms with Gasteiger partial charge in [-0.2, -0.15) is 5.10 Å². The first kappa shape index (κ1) is 14.0. The molecule has 1 unspecified atom stereocenters. The van der Waals surface area contributed by atoms with Gasteiger partial charge in [-0.15, -0.1) is 0 Å². The molecule has 5 heteroatoms. The average Bonchev–Trinajstić information content (AvgIpc) is 2.86. The number of fused-ring (bicyclic) bond motifs is 1. The van der Waals surface area contributed by atoms with Gasteiger partial charge in [0.1, 0.15) is 0 Å². The Morgan fingerprint density at radius 3 is 2.80 bits per heavy atom. The van der Waals surface area contributed by atoms with Crippen LogP contribution in [0.15, 0.2) is 6.20 Å². The van der Waals surface area contributed by atoms with Gasteiger partial charge in [-0.1, -0.05) is 0 Å². The summed E-state index contributed by atoms with van der Waals surface area (Å²) in [5.74, 6) is 0. The molecule has 3 N–H and O–H groups in total. The third kappa shape index (κ3) is 2.90. The van der Waals surface area contributed by atoms with E-state index in [0.717, 1.165) is 38.5 Å². The van der Waals surface area contributed by atoms with Gasteiger partial charge in [0.2, 0.25) is 0 Å². The number of nitrogens with zero attached hydrogens (tertiary/aromatic N) is 2. The van der Waals surface area contributed by atoms with E-state index in [-0.39, 0.29) is 12.7 Å². The van der Waals surface area contributed by atoms with Crippen LogP contribution in [0.25, 0.3) is 0 Å². The minimum Gasteiger partial charge on any atom is -0.394 e. The number of nitrogens with one attached hydrogen (secondary N) is 1. The van der Waals surface area contributed by atoms with Crippen molar-refractivity contribution in [1.29, 1.82) is 0 Å². The van der Waals surface area contributed by atoms with E-state index in [1.54, 1.807) is 0 Å². The number of aliphatic hydroxyl groups is 2. The molecule has 0 saturated heterocycles. The topological polar surface area (TPSA) is 70.3 Å². The van der Waals surface area contributed by atoms with Crippen LogP contribution in [0.4, 0.5) is 0 Å². The number of hydrogen-bond donors (Lipinski definition) is 3. The van der Waals surface area contributed by atoms with Crippen molar-refractivity contribution >= 4 is 0 Å². The quantitative estimate of drug-likeness (QED) is 0.773. The Labute approximate surface area is 120 Å². The third-order valence-corrected chi connectivity index (χ3v) is 4.71. The number of aliphatic hydroxyl groups excluding tert-OH is 2. The summed E-state index contributed by atoms with van der Waals surface area (Å²) in [5, 5.41) is 26.9. The Kier molecular flexibility index (Phi) is 4.38. The summed E-state index contributed by atoms with van der Waals surface area (Å²) >= 11 is 0. The van der Waals surface area contributed by atoms with Crippen molar-refractivity contribution in [1.82, 2.24) is 15.1 Å². The van der Waals surface area contributed by atoms with E-state index in [4.69, 9.17) is 5.11 Å². The summed E-state index contributed by atoms with van der Waals surface area (Å²) in [5.41, 5.74) is 2.61. The Morgan fingerprint density at radius 2 is 2.05 bits per heavy atom. The standard InChI is InChI=1S/C15H25N3O2/c19-9-8-18-15-3-1-2-14(13(15)10-16-18)17-11-4-6-12(20)7-5-11/h10-12,14,17,19-20H,1-9H2. The highest BCUT2D eigenvalue weighted by Gasteiger charge is 2.27. The van der Waals surface area contributed by atoms with Crippen LogP contribution in [0.2, 0.25) is 0 Å². The van der Waals surface area contributed by atoms with Crippen LogP contribution in [0.5, 0.6) is 0 Å². The summed E-state index contributed by atoms with van der Waals surface area (Å²) in [6.07, 6.45) is 9.25. The molecule has 112 valence electrons. The van der Waals surface area contributed by atoms with Gasteiger partial charge < -0.3 is 15.5 Å². The van der Waals surface area contributed by atoms with Gasteiger partial charge in [-0.3, -0.25) is 4.68 Å². The van der Waals surface area contributed by atoms with Crippen molar-refractivity contribution in [3.05, 3.63) is 17.5 Å². The SMILES string of the molecule is OCCn1ncc2c1CCCC2NC1CCC(O)CC1. The molecular formula is C15H25N3O2. The van der Waals surface area contributed by atoms with Crippen LogP contribution < -0.4 is 5.32 Å². The Morgan fingerprint density at radius 1 is 1.25 bits per heavy atom. The Balaban J connectivity index is 1.67. The van der Waals surface area contributed by atoms with E-state index in [0.29, 0.717) is 18.6 Å². The van der Waals surface area contributed by atoms with Gasteiger partial charge in [0.25, 0.3) is 0 Å². The molecule has 1 atom stereocenters. The molecule has 5 nitrogen and oxygen atoms in total. The van der Waals surface area contributed by atoms with E-state index >= 15 is 0 Å². The number of aromatic nitrogens is 2. The fourth-order valence-corrected chi connectivity index (χ4v) is 3.61. The zero-order valence-corrected chi connectivity index (χ0v) is 12.0. The molecule has 1 saturated carbocycles. The summed E-state index contributed by atoms with van der Waals surface area (Å²) < 4.78 is 1.95. The lowest BCUT2D eigenvalue weighted by atomic mass is 9.88. The molecule has 0 spiro atoms. The largest absolute Gasteiger partial charge is 0.394 e. The van der Waals surface area contributed by atoms with E-state index in [9.17, 15) is 5.11 Å². The summed E-state index contributed by atoms with van der Waals surface area (Å²) in [6.45, 7) is 0.740. The molecular weight excluding hydrogens is 254 g/mol. The molecule has 2 aliphatic rings. The fourth-order valence-electron chi connectivity index (χ4n) is 3.61. The van der Waals surface area contributed by atoms with Crippen molar-refractivity contribution in [3.8, 4) is 0 Å². The van der Waals surface area contributed by atoms with Crippen LogP contribution in [0.1, 0.15) is 55.8 Å². The first-order valence-corrected chi connectivity index (χ1v) is 7.87. The number of hydrogen-bond acceptors (Lipinski definition) is 4. The lowest BCUT2D eigenvalue weighted by Crippen LogP contribution is -2.38. The molecule has 0 bridgehead atoms. The molecule has 1 aromatic rings. The van der Waals surface area contributed by atoms with Crippen molar-refractivity contribution in [2.24, 2.45) is 0 Å². The molecule has 2 aliphatic carbocycles. The smallest absolute Gasteiger partial charge is 0.0644 e. The molecule has 1 heterocycles. The fraction of sp³-hybridized carbons (Fsp3) is 0.800. The van der Waals surface area contributed by atoms with Crippen molar-refractivity contribution in [3.63, 3.8) is 0 Å². The first-order chi connectivity index (χ1) is 9.78. The van der Waals surface area contributed by atoms with E-state index in [1.807, 2.05) is 10.9 Å². The normalized spacial score (nSPS) is 30.2. The minimum absolute atomic E-state index is 0.0951. The second-order valence-electron chi connectivity index (χ2n) is 6.11. The van der Waals surface area contributed by atoms with Gasteiger partial charge in [0.05, 0.1) is 25.5 Å². The van der Waals surface area contributed by atoms with Crippen LogP contribution in [0.3, 0.4) is 0 Å². The molecule has 0 amide bonds. The average molecular weight is 279 g/mol. The van der Waals surface area contributed by atoms with Crippen LogP contribution in [-0.4, -0.2) is 38.7 Å². The maximum atomic E-state index is 9.59. The molecule has 0 aliphatic heterocycles. The molecule has 20 heavy (non-hydrogen) atoms. The molecule has 1 fully saturated rings. The second kappa shape index (κ2) is 6.24. The predicted molar refractivity (Wildman–Crippen MR) is 76.4 cm³/mol. The van der Waals surface area contributed by atoms with E-state index in [2.05, 4.69) is 10.4 Å². The second-order valence-corrected chi connectivity index (χ2v) is 6.11. The lowest BCUT2D eigenvalue weighted by Gasteiger charge is -2.32. The molecule has 1 aromatic heterocycles. The highest BCUT2D eigenvalue weighted by atomic mass is 16.3. The van der Waals surface area contributed by atoms with Gasteiger partial charge >= 0.3 is 0 Å². The monoisotopic (exact) mass is 279 g/mol. The summed E-state index contributed by atoms with van der Waals surface area (Å²) in [7, 11) is 0. The van der Waals surface area contributed by atoms with Crippen molar-refractivity contribution in [2.45, 2.75) is 69.7 Å². The first-order valence-electron chi connectivity index (χ1n) is 7.87. The summed E-state index contributed by atoms with van der Waals surface area (Å²) in [4.78, 5) is 0. The maximum absolute atomic E-state index is 9.59. The van der Waals surface area contributed by atoms with Gasteiger partial charge in [-0.05, 0) is 44.9 Å². The van der Waals surface area contributed by atoms with Crippen molar-refractivity contribution in [2.75, 3.05) is 6.61 Å². The number of rotatable bonds is 4. The van der Waals surface area contributed by atoms with Crippen LogP contribution >= 0.6 is 0 Å². The molecule has 3 rings (SSSR count). The van der Waals surface area contributed by atoms with Gasteiger partial charge in [0, 0.05) is 23.3 Å². The third-order valence-electron chi connectivity index (χ3n) is 4.71. The zero-order valence-electron chi connectivity index (χ0n) is 12.0. The lowest BCUT2D eigenvalue weighted by molar-refractivity contribution is 0.113. The van der Waals surface area contributed by atoms with Crippen LogP contribution in [-0.2, 0) is 13.0 Å². The van der Waals surface area contributed by atoms with Crippen molar-refractivity contribution < 1.29 is 10.2 Å². The van der Waals surface area contributed by atoms with Crippen LogP contribution in [0, 0.1) is 0 Å². The Bertz CT molecular complexity index is 438. The highest BCUT2D eigenvalue weighted by molar-refractivity contribution is 5.25. The maximum Gasteiger partial charge on any atom is 0.0644 e. The van der Waals surface area contributed by atoms with E-state index in [1.165, 1.54) is 17.7 Å².